The van der Waals surface area contributed by atoms with Gasteiger partial charge in [0, 0.05) is 10.4 Å². The van der Waals surface area contributed by atoms with Crippen LogP contribution in [-0.2, 0) is 21.3 Å². The summed E-state index contributed by atoms with van der Waals surface area (Å²) in [7, 11) is 1.28. The van der Waals surface area contributed by atoms with Crippen LogP contribution in [-0.4, -0.2) is 13.1 Å². The van der Waals surface area contributed by atoms with E-state index in [4.69, 9.17) is 11.6 Å². The molecular weight excluding hydrogens is 286 g/mol. The van der Waals surface area contributed by atoms with Gasteiger partial charge in [-0.2, -0.15) is 0 Å². The molecule has 0 radical (unpaired) electrons. The number of methoxy groups -OCH3 is 1. The monoisotopic (exact) mass is 294 g/mol. The van der Waals surface area contributed by atoms with Crippen LogP contribution in [0.5, 0.6) is 0 Å². The molecule has 0 aromatic heterocycles. The zero-order valence-corrected chi connectivity index (χ0v) is 10.4. The Labute approximate surface area is 101 Å². The summed E-state index contributed by atoms with van der Waals surface area (Å²) in [5.41, 5.74) is 0.902. The van der Waals surface area contributed by atoms with E-state index in [9.17, 15) is 9.18 Å². The Morgan fingerprint density at radius 3 is 2.73 bits per heavy atom. The molecule has 1 aromatic carbocycles. The molecule has 0 N–H and O–H groups in total. The van der Waals surface area contributed by atoms with Crippen molar-refractivity contribution in [1.29, 1.82) is 0 Å². The third kappa shape index (κ3) is 3.18. The molecule has 1 rings (SSSR count). The second-order valence-electron chi connectivity index (χ2n) is 2.92. The number of esters is 1. The van der Waals surface area contributed by atoms with Crippen LogP contribution in [0.2, 0.25) is 5.02 Å². The molecule has 82 valence electrons. The highest BCUT2D eigenvalue weighted by atomic mass is 79.9. The lowest BCUT2D eigenvalue weighted by Gasteiger charge is -2.06. The van der Waals surface area contributed by atoms with Crippen LogP contribution < -0.4 is 0 Å². The minimum atomic E-state index is -0.442. The molecule has 5 heteroatoms. The van der Waals surface area contributed by atoms with Crippen LogP contribution >= 0.6 is 27.5 Å². The van der Waals surface area contributed by atoms with E-state index < -0.39 is 5.97 Å². The lowest BCUT2D eigenvalue weighted by molar-refractivity contribution is -0.139. The molecule has 0 atom stereocenters. The Hall–Kier alpha value is -0.610. The second-order valence-corrected chi connectivity index (χ2v) is 3.89. The van der Waals surface area contributed by atoms with Crippen molar-refractivity contribution >= 4 is 33.5 Å². The average molecular weight is 296 g/mol. The molecule has 0 aliphatic carbocycles. The number of carbonyl (C=O) groups excluding carboxylic acids is 1. The molecule has 0 saturated heterocycles. The number of hydrogen-bond donors (Lipinski definition) is 0. The van der Waals surface area contributed by atoms with E-state index in [0.29, 0.717) is 21.5 Å². The molecule has 0 aliphatic rings. The maximum absolute atomic E-state index is 13.3. The molecule has 0 bridgehead atoms. The zero-order valence-electron chi connectivity index (χ0n) is 8.02. The van der Waals surface area contributed by atoms with Crippen molar-refractivity contribution in [2.45, 2.75) is 11.8 Å². The van der Waals surface area contributed by atoms with Gasteiger partial charge in [-0.1, -0.05) is 27.5 Å². The maximum atomic E-state index is 13.3. The van der Waals surface area contributed by atoms with Gasteiger partial charge in [-0.15, -0.1) is 0 Å². The SMILES string of the molecule is COC(=O)Cc1cc(F)c(CBr)cc1Cl. The van der Waals surface area contributed by atoms with E-state index in [1.165, 1.54) is 19.2 Å². The van der Waals surface area contributed by atoms with Crippen molar-refractivity contribution in [3.05, 3.63) is 34.1 Å². The fraction of sp³-hybridized carbons (Fsp3) is 0.300. The van der Waals surface area contributed by atoms with Crippen LogP contribution in [0.25, 0.3) is 0 Å². The number of benzene rings is 1. The Kier molecular flexibility index (Phi) is 4.54. The Balaban J connectivity index is 3.00. The summed E-state index contributed by atoms with van der Waals surface area (Å²) in [6, 6.07) is 2.76. The summed E-state index contributed by atoms with van der Waals surface area (Å²) in [6.07, 6.45) is -0.0190. The van der Waals surface area contributed by atoms with Crippen molar-refractivity contribution in [3.8, 4) is 0 Å². The topological polar surface area (TPSA) is 26.3 Å². The number of alkyl halides is 1. The molecule has 0 amide bonds. The minimum absolute atomic E-state index is 0.0190. The van der Waals surface area contributed by atoms with E-state index in [2.05, 4.69) is 20.7 Å². The lowest BCUT2D eigenvalue weighted by atomic mass is 10.1. The number of hydrogen-bond acceptors (Lipinski definition) is 2. The van der Waals surface area contributed by atoms with Crippen molar-refractivity contribution < 1.29 is 13.9 Å². The first-order valence-corrected chi connectivity index (χ1v) is 5.68. The lowest BCUT2D eigenvalue weighted by Crippen LogP contribution is -2.05. The molecule has 0 heterocycles. The van der Waals surface area contributed by atoms with Gasteiger partial charge in [0.25, 0.3) is 0 Å². The van der Waals surface area contributed by atoms with Crippen molar-refractivity contribution in [3.63, 3.8) is 0 Å². The molecule has 0 fully saturated rings. The van der Waals surface area contributed by atoms with Gasteiger partial charge in [-0.3, -0.25) is 4.79 Å². The Morgan fingerprint density at radius 1 is 1.53 bits per heavy atom. The fourth-order valence-electron chi connectivity index (χ4n) is 1.09. The Morgan fingerprint density at radius 2 is 2.20 bits per heavy atom. The summed E-state index contributed by atoms with van der Waals surface area (Å²) in [4.78, 5) is 11.0. The van der Waals surface area contributed by atoms with E-state index in [0.717, 1.165) is 0 Å². The normalized spacial score (nSPS) is 10.1. The Bertz CT molecular complexity index is 382. The van der Waals surface area contributed by atoms with E-state index in [-0.39, 0.29) is 12.2 Å². The predicted molar refractivity (Wildman–Crippen MR) is 59.8 cm³/mol. The molecule has 0 unspecified atom stereocenters. The van der Waals surface area contributed by atoms with Gasteiger partial charge in [0.1, 0.15) is 5.82 Å². The van der Waals surface area contributed by atoms with Crippen LogP contribution in [0.3, 0.4) is 0 Å². The van der Waals surface area contributed by atoms with Gasteiger partial charge in [0.15, 0.2) is 0 Å². The van der Waals surface area contributed by atoms with E-state index >= 15 is 0 Å². The first-order valence-electron chi connectivity index (χ1n) is 4.18. The number of carbonyl (C=O) groups is 1. The van der Waals surface area contributed by atoms with Crippen molar-refractivity contribution in [1.82, 2.24) is 0 Å². The summed E-state index contributed by atoms with van der Waals surface area (Å²) >= 11 is 9.03. The standard InChI is InChI=1S/C10H9BrClFO2/c1-15-10(14)4-6-3-9(13)7(5-11)2-8(6)12/h2-3H,4-5H2,1H3. The number of rotatable bonds is 3. The van der Waals surface area contributed by atoms with Gasteiger partial charge >= 0.3 is 5.97 Å². The highest BCUT2D eigenvalue weighted by Gasteiger charge is 2.11. The van der Waals surface area contributed by atoms with E-state index in [1.807, 2.05) is 0 Å². The van der Waals surface area contributed by atoms with Gasteiger partial charge in [-0.25, -0.2) is 4.39 Å². The maximum Gasteiger partial charge on any atom is 0.310 e. The molecule has 0 aliphatic heterocycles. The van der Waals surface area contributed by atoms with Gasteiger partial charge in [0.05, 0.1) is 13.5 Å². The van der Waals surface area contributed by atoms with Gasteiger partial charge in [-0.05, 0) is 23.3 Å². The highest BCUT2D eigenvalue weighted by molar-refractivity contribution is 9.08. The summed E-state index contributed by atoms with van der Waals surface area (Å²) in [6.45, 7) is 0. The fourth-order valence-corrected chi connectivity index (χ4v) is 1.78. The smallest absolute Gasteiger partial charge is 0.310 e. The van der Waals surface area contributed by atoms with Crippen LogP contribution in [0, 0.1) is 5.82 Å². The second kappa shape index (κ2) is 5.47. The quantitative estimate of drug-likeness (QED) is 0.633. The predicted octanol–water partition coefficient (Wildman–Crippen LogP) is 3.09. The van der Waals surface area contributed by atoms with Crippen molar-refractivity contribution in [2.75, 3.05) is 7.11 Å². The van der Waals surface area contributed by atoms with Gasteiger partial charge in [0.2, 0.25) is 0 Å². The minimum Gasteiger partial charge on any atom is -0.469 e. The van der Waals surface area contributed by atoms with Crippen LogP contribution in [0.1, 0.15) is 11.1 Å². The highest BCUT2D eigenvalue weighted by Crippen LogP contribution is 2.23. The first kappa shape index (κ1) is 12.5. The van der Waals surface area contributed by atoms with Crippen molar-refractivity contribution in [2.24, 2.45) is 0 Å². The summed E-state index contributed by atoms with van der Waals surface area (Å²) in [5.74, 6) is -0.821. The zero-order chi connectivity index (χ0) is 11.4. The largest absolute Gasteiger partial charge is 0.469 e. The first-order chi connectivity index (χ1) is 7.08. The summed E-state index contributed by atoms with van der Waals surface area (Å²) < 4.78 is 17.8. The number of ether oxygens (including phenoxy) is 1. The molecule has 1 aromatic rings. The van der Waals surface area contributed by atoms with Crippen LogP contribution in [0.4, 0.5) is 4.39 Å². The molecular formula is C10H9BrClFO2. The van der Waals surface area contributed by atoms with Gasteiger partial charge < -0.3 is 4.74 Å². The van der Waals surface area contributed by atoms with E-state index in [1.54, 1.807) is 0 Å². The number of halogens is 3. The third-order valence-corrected chi connectivity index (χ3v) is 2.88. The molecule has 0 saturated carbocycles. The third-order valence-electron chi connectivity index (χ3n) is 1.92. The summed E-state index contributed by atoms with van der Waals surface area (Å²) in [5, 5.41) is 0.757. The van der Waals surface area contributed by atoms with Crippen LogP contribution in [0.15, 0.2) is 12.1 Å². The average Bonchev–Trinajstić information content (AvgIpc) is 2.22. The molecule has 15 heavy (non-hydrogen) atoms. The molecule has 0 spiro atoms. The molecule has 2 nitrogen and oxygen atoms in total.